The minimum atomic E-state index is -0.419. The fourth-order valence-electron chi connectivity index (χ4n) is 2.88. The van der Waals surface area contributed by atoms with Crippen LogP contribution in [0, 0.1) is 0 Å². The number of carbonyl (C=O) groups excluding carboxylic acids is 1. The normalized spacial score (nSPS) is 11.5. The summed E-state index contributed by atoms with van der Waals surface area (Å²) < 4.78 is 23.0. The number of esters is 1. The van der Waals surface area contributed by atoms with Gasteiger partial charge in [0, 0.05) is 16.6 Å². The van der Waals surface area contributed by atoms with Crippen molar-refractivity contribution in [3.8, 4) is 22.9 Å². The Morgan fingerprint density at radius 1 is 1.06 bits per heavy atom. The van der Waals surface area contributed by atoms with Crippen LogP contribution in [0.25, 0.3) is 5.69 Å². The van der Waals surface area contributed by atoms with Crippen LogP contribution in [0.3, 0.4) is 0 Å². The summed E-state index contributed by atoms with van der Waals surface area (Å²) in [5.41, 5.74) is 1.89. The summed E-state index contributed by atoms with van der Waals surface area (Å²) in [7, 11) is 4.64. The maximum atomic E-state index is 12.4. The third-order valence-electron chi connectivity index (χ3n) is 4.24. The molecular weight excluding hydrogens is 418 g/mol. The molecule has 31 heavy (non-hydrogen) atoms. The summed E-state index contributed by atoms with van der Waals surface area (Å²) in [6.45, 7) is 2.05. The average molecular weight is 442 g/mol. The Bertz CT molecular complexity index is 1110. The first-order chi connectivity index (χ1) is 15.1. The van der Waals surface area contributed by atoms with Gasteiger partial charge in [-0.05, 0) is 31.2 Å². The van der Waals surface area contributed by atoms with Crippen molar-refractivity contribution in [2.75, 3.05) is 27.9 Å². The molecule has 0 aliphatic carbocycles. The van der Waals surface area contributed by atoms with E-state index in [-0.39, 0.29) is 6.61 Å². The van der Waals surface area contributed by atoms with E-state index in [9.17, 15) is 4.79 Å². The van der Waals surface area contributed by atoms with Crippen LogP contribution in [-0.4, -0.2) is 44.7 Å². The molecule has 2 aromatic carbocycles. The number of thiazole rings is 1. The third kappa shape index (κ3) is 4.95. The van der Waals surface area contributed by atoms with Gasteiger partial charge in [-0.3, -0.25) is 4.57 Å². The molecule has 1 aromatic heterocycles. The third-order valence-corrected chi connectivity index (χ3v) is 5.06. The maximum absolute atomic E-state index is 12.4. The quantitative estimate of drug-likeness (QED) is 0.303. The maximum Gasteiger partial charge on any atom is 0.356 e. The van der Waals surface area contributed by atoms with Gasteiger partial charge in [-0.25, -0.2) is 4.79 Å². The molecule has 3 rings (SSSR count). The lowest BCUT2D eigenvalue weighted by atomic mass is 10.2. The van der Waals surface area contributed by atoms with Gasteiger partial charge in [-0.2, -0.15) is 5.10 Å². The Kier molecular flexibility index (Phi) is 7.45. The number of carbonyl (C=O) groups is 1. The van der Waals surface area contributed by atoms with Crippen LogP contribution in [0.15, 0.2) is 58.0 Å². The van der Waals surface area contributed by atoms with E-state index < -0.39 is 5.97 Å². The SMILES string of the molecule is CCOC(=O)c1cs/c(=N\N=C\c2cc(OC)c(OC)c(OC)c2)n1-c1ccccc1. The zero-order valence-corrected chi connectivity index (χ0v) is 18.5. The van der Waals surface area contributed by atoms with Crippen LogP contribution in [-0.2, 0) is 4.74 Å². The molecule has 0 saturated carbocycles. The van der Waals surface area contributed by atoms with Gasteiger partial charge in [0.1, 0.15) is 5.69 Å². The molecule has 0 spiro atoms. The number of hydrogen-bond donors (Lipinski definition) is 0. The fraction of sp³-hybridized carbons (Fsp3) is 0.227. The van der Waals surface area contributed by atoms with Crippen LogP contribution < -0.4 is 19.0 Å². The molecule has 162 valence electrons. The molecule has 0 amide bonds. The molecule has 0 saturated heterocycles. The van der Waals surface area contributed by atoms with Gasteiger partial charge < -0.3 is 18.9 Å². The van der Waals surface area contributed by atoms with Gasteiger partial charge >= 0.3 is 5.97 Å². The molecule has 0 fully saturated rings. The number of nitrogens with zero attached hydrogens (tertiary/aromatic N) is 3. The smallest absolute Gasteiger partial charge is 0.356 e. The highest BCUT2D eigenvalue weighted by Gasteiger charge is 2.16. The van der Waals surface area contributed by atoms with E-state index in [1.165, 1.54) is 11.3 Å². The van der Waals surface area contributed by atoms with Gasteiger partial charge in [0.05, 0.1) is 34.2 Å². The minimum Gasteiger partial charge on any atom is -0.493 e. The number of aromatic nitrogens is 1. The second kappa shape index (κ2) is 10.4. The van der Waals surface area contributed by atoms with Crippen LogP contribution in [0.5, 0.6) is 17.2 Å². The fourth-order valence-corrected chi connectivity index (χ4v) is 3.70. The first kappa shape index (κ1) is 22.1. The zero-order chi connectivity index (χ0) is 22.2. The molecule has 0 radical (unpaired) electrons. The van der Waals surface area contributed by atoms with Crippen LogP contribution in [0.2, 0.25) is 0 Å². The number of para-hydroxylation sites is 1. The first-order valence-electron chi connectivity index (χ1n) is 9.43. The lowest BCUT2D eigenvalue weighted by molar-refractivity contribution is 0.0516. The van der Waals surface area contributed by atoms with E-state index in [1.54, 1.807) is 56.5 Å². The molecule has 1 heterocycles. The van der Waals surface area contributed by atoms with Gasteiger partial charge in [-0.15, -0.1) is 16.4 Å². The summed E-state index contributed by atoms with van der Waals surface area (Å²) in [5, 5.41) is 10.2. The molecular formula is C22H23N3O5S. The van der Waals surface area contributed by atoms with E-state index in [1.807, 2.05) is 30.3 Å². The number of methoxy groups -OCH3 is 3. The summed E-state index contributed by atoms with van der Waals surface area (Å²) >= 11 is 1.29. The molecule has 0 N–H and O–H groups in total. The largest absolute Gasteiger partial charge is 0.493 e. The lowest BCUT2D eigenvalue weighted by Crippen LogP contribution is -2.19. The van der Waals surface area contributed by atoms with Gasteiger partial charge in [-0.1, -0.05) is 18.2 Å². The Labute approximate surface area is 184 Å². The van der Waals surface area contributed by atoms with Crippen LogP contribution >= 0.6 is 11.3 Å². The van der Waals surface area contributed by atoms with E-state index in [0.717, 1.165) is 5.69 Å². The summed E-state index contributed by atoms with van der Waals surface area (Å²) in [4.78, 5) is 12.9. The Morgan fingerprint density at radius 2 is 1.74 bits per heavy atom. The molecule has 9 heteroatoms. The number of ether oxygens (including phenoxy) is 4. The van der Waals surface area contributed by atoms with Crippen molar-refractivity contribution in [3.05, 3.63) is 63.9 Å². The highest BCUT2D eigenvalue weighted by atomic mass is 32.1. The van der Waals surface area contributed by atoms with Gasteiger partial charge in [0.25, 0.3) is 0 Å². The predicted octanol–water partition coefficient (Wildman–Crippen LogP) is 3.68. The number of rotatable bonds is 8. The molecule has 3 aromatic rings. The van der Waals surface area contributed by atoms with Crippen molar-refractivity contribution in [2.45, 2.75) is 6.92 Å². The lowest BCUT2D eigenvalue weighted by Gasteiger charge is -2.12. The number of hydrogen-bond acceptors (Lipinski definition) is 8. The Balaban J connectivity index is 2.03. The first-order valence-corrected chi connectivity index (χ1v) is 10.3. The summed E-state index contributed by atoms with van der Waals surface area (Å²) in [5.74, 6) is 1.11. The van der Waals surface area contributed by atoms with Crippen molar-refractivity contribution in [1.29, 1.82) is 0 Å². The van der Waals surface area contributed by atoms with Gasteiger partial charge in [0.15, 0.2) is 11.5 Å². The Hall–Kier alpha value is -3.59. The van der Waals surface area contributed by atoms with Crippen molar-refractivity contribution in [3.63, 3.8) is 0 Å². The molecule has 0 unspecified atom stereocenters. The minimum absolute atomic E-state index is 0.287. The van der Waals surface area contributed by atoms with E-state index in [4.69, 9.17) is 18.9 Å². The summed E-state index contributed by atoms with van der Waals surface area (Å²) in [6.07, 6.45) is 1.57. The van der Waals surface area contributed by atoms with Crippen molar-refractivity contribution >= 4 is 23.5 Å². The topological polar surface area (TPSA) is 83.6 Å². The van der Waals surface area contributed by atoms with Crippen molar-refractivity contribution in [1.82, 2.24) is 4.57 Å². The van der Waals surface area contributed by atoms with Gasteiger partial charge in [0.2, 0.25) is 10.6 Å². The molecule has 8 nitrogen and oxygen atoms in total. The van der Waals surface area contributed by atoms with E-state index >= 15 is 0 Å². The highest BCUT2D eigenvalue weighted by molar-refractivity contribution is 7.07. The number of benzene rings is 2. The van der Waals surface area contributed by atoms with Crippen molar-refractivity contribution < 1.29 is 23.7 Å². The predicted molar refractivity (Wildman–Crippen MR) is 119 cm³/mol. The summed E-state index contributed by atoms with van der Waals surface area (Å²) in [6, 6.07) is 13.0. The van der Waals surface area contributed by atoms with E-state index in [2.05, 4.69) is 10.2 Å². The molecule has 0 bridgehead atoms. The van der Waals surface area contributed by atoms with E-state index in [0.29, 0.717) is 33.3 Å². The highest BCUT2D eigenvalue weighted by Crippen LogP contribution is 2.37. The standard InChI is InChI=1S/C22H23N3O5S/c1-5-30-21(26)17-14-31-22(25(17)16-9-7-6-8-10-16)24-23-13-15-11-18(27-2)20(29-4)19(12-15)28-3/h6-14H,5H2,1-4H3/b23-13+,24-22-. The molecule has 0 aliphatic heterocycles. The zero-order valence-electron chi connectivity index (χ0n) is 17.7. The molecule has 0 atom stereocenters. The second-order valence-corrected chi connectivity index (χ2v) is 6.93. The second-order valence-electron chi connectivity index (χ2n) is 6.10. The van der Waals surface area contributed by atoms with Crippen LogP contribution in [0.1, 0.15) is 23.0 Å². The Morgan fingerprint density at radius 3 is 2.32 bits per heavy atom. The average Bonchev–Trinajstić information content (AvgIpc) is 3.23. The monoisotopic (exact) mass is 441 g/mol. The van der Waals surface area contributed by atoms with Crippen LogP contribution in [0.4, 0.5) is 0 Å². The van der Waals surface area contributed by atoms with Crippen molar-refractivity contribution in [2.24, 2.45) is 10.2 Å². The molecule has 0 aliphatic rings.